The molecule has 1 saturated heterocycles. The van der Waals surface area contributed by atoms with Crippen molar-refractivity contribution in [2.24, 2.45) is 0 Å². The summed E-state index contributed by atoms with van der Waals surface area (Å²) in [7, 11) is 0. The highest BCUT2D eigenvalue weighted by molar-refractivity contribution is 6.51. The molecule has 1 unspecified atom stereocenters. The topological polar surface area (TPSA) is 83.4 Å². The van der Waals surface area contributed by atoms with Gasteiger partial charge in [0.15, 0.2) is 5.82 Å². The molecule has 1 aliphatic heterocycles. The van der Waals surface area contributed by atoms with Crippen molar-refractivity contribution in [2.75, 3.05) is 4.90 Å². The Bertz CT molecular complexity index is 1210. The number of carbonyl (C=O) groups excluding carboxylic acids is 2. The highest BCUT2D eigenvalue weighted by atomic mass is 16.3. The molecule has 162 valence electrons. The number of nitrogens with zero attached hydrogens (tertiary/aromatic N) is 3. The van der Waals surface area contributed by atoms with Crippen molar-refractivity contribution in [1.82, 2.24) is 10.2 Å². The van der Waals surface area contributed by atoms with Crippen LogP contribution in [0.25, 0.3) is 5.76 Å². The molecule has 2 aromatic carbocycles. The minimum atomic E-state index is -0.812. The molecular formula is C26H25N3O3. The van der Waals surface area contributed by atoms with Gasteiger partial charge in [-0.25, -0.2) is 0 Å². The molecule has 6 nitrogen and oxygen atoms in total. The van der Waals surface area contributed by atoms with E-state index in [1.54, 1.807) is 31.2 Å². The molecular weight excluding hydrogens is 402 g/mol. The first-order valence-electron chi connectivity index (χ1n) is 10.6. The third-order valence-corrected chi connectivity index (χ3v) is 5.79. The highest BCUT2D eigenvalue weighted by Gasteiger charge is 2.47. The van der Waals surface area contributed by atoms with Crippen molar-refractivity contribution in [3.63, 3.8) is 0 Å². The van der Waals surface area contributed by atoms with Crippen LogP contribution in [-0.2, 0) is 9.59 Å². The summed E-state index contributed by atoms with van der Waals surface area (Å²) in [6.45, 7) is 7.84. The molecule has 1 fully saturated rings. The van der Waals surface area contributed by atoms with E-state index in [2.05, 4.69) is 24.0 Å². The van der Waals surface area contributed by atoms with E-state index < -0.39 is 17.7 Å². The third-order valence-electron chi connectivity index (χ3n) is 5.79. The summed E-state index contributed by atoms with van der Waals surface area (Å²) in [5, 5.41) is 19.4. The number of carbonyl (C=O) groups is 2. The van der Waals surface area contributed by atoms with Gasteiger partial charge in [-0.15, -0.1) is 5.10 Å². The fraction of sp³-hybridized carbons (Fsp3) is 0.231. The maximum Gasteiger partial charge on any atom is 0.301 e. The number of aliphatic hydroxyl groups is 1. The molecule has 2 heterocycles. The standard InChI is InChI=1S/C26H25N3O3/c1-15(2)18-10-12-19(13-11-18)23-22(24(30)20-8-6-5-7-16(20)3)25(31)26(32)29(23)21-14-9-17(4)27-28-21/h5-15,23,30H,1-4H3. The van der Waals surface area contributed by atoms with Crippen molar-refractivity contribution in [3.05, 3.63) is 94.2 Å². The summed E-state index contributed by atoms with van der Waals surface area (Å²) in [6, 6.07) is 17.6. The van der Waals surface area contributed by atoms with E-state index in [4.69, 9.17) is 0 Å². The van der Waals surface area contributed by atoms with Gasteiger partial charge in [-0.1, -0.05) is 62.4 Å². The number of ketones is 1. The normalized spacial score (nSPS) is 17.9. The molecule has 4 rings (SSSR count). The van der Waals surface area contributed by atoms with Crippen LogP contribution in [0.4, 0.5) is 5.82 Å². The third kappa shape index (κ3) is 3.68. The fourth-order valence-corrected chi connectivity index (χ4v) is 3.95. The summed E-state index contributed by atoms with van der Waals surface area (Å²) in [5.41, 5.74) is 3.92. The molecule has 0 spiro atoms. The minimum absolute atomic E-state index is 0.0453. The van der Waals surface area contributed by atoms with Crippen LogP contribution in [0.15, 0.2) is 66.2 Å². The van der Waals surface area contributed by atoms with E-state index >= 15 is 0 Å². The Morgan fingerprint density at radius 3 is 2.22 bits per heavy atom. The van der Waals surface area contributed by atoms with Gasteiger partial charge < -0.3 is 5.11 Å². The van der Waals surface area contributed by atoms with Gasteiger partial charge >= 0.3 is 5.91 Å². The summed E-state index contributed by atoms with van der Waals surface area (Å²) in [5.74, 6) is -1.07. The summed E-state index contributed by atoms with van der Waals surface area (Å²) in [4.78, 5) is 27.7. The molecule has 1 amide bonds. The van der Waals surface area contributed by atoms with Crippen molar-refractivity contribution >= 4 is 23.3 Å². The van der Waals surface area contributed by atoms with Gasteiger partial charge in [0.25, 0.3) is 5.78 Å². The summed E-state index contributed by atoms with van der Waals surface area (Å²) in [6.07, 6.45) is 0. The van der Waals surface area contributed by atoms with Crippen molar-refractivity contribution in [2.45, 2.75) is 39.7 Å². The van der Waals surface area contributed by atoms with E-state index in [-0.39, 0.29) is 17.2 Å². The zero-order valence-electron chi connectivity index (χ0n) is 18.5. The second kappa shape index (κ2) is 8.38. The molecule has 0 bridgehead atoms. The minimum Gasteiger partial charge on any atom is -0.507 e. The monoisotopic (exact) mass is 427 g/mol. The maximum absolute atomic E-state index is 13.2. The van der Waals surface area contributed by atoms with Crippen LogP contribution in [0.3, 0.4) is 0 Å². The lowest BCUT2D eigenvalue weighted by Crippen LogP contribution is -2.30. The smallest absolute Gasteiger partial charge is 0.301 e. The number of benzene rings is 2. The van der Waals surface area contributed by atoms with Gasteiger partial charge in [0.1, 0.15) is 5.76 Å². The first-order valence-corrected chi connectivity index (χ1v) is 10.6. The van der Waals surface area contributed by atoms with E-state index in [9.17, 15) is 14.7 Å². The molecule has 0 aliphatic carbocycles. The van der Waals surface area contributed by atoms with Gasteiger partial charge in [-0.3, -0.25) is 14.5 Å². The number of Topliss-reactive ketones (excluding diaryl/α,β-unsaturated/α-hetero) is 1. The van der Waals surface area contributed by atoms with E-state index in [1.807, 2.05) is 43.3 Å². The molecule has 0 radical (unpaired) electrons. The van der Waals surface area contributed by atoms with Gasteiger partial charge in [0, 0.05) is 5.56 Å². The lowest BCUT2D eigenvalue weighted by Gasteiger charge is -2.24. The molecule has 1 N–H and O–H groups in total. The fourth-order valence-electron chi connectivity index (χ4n) is 3.95. The van der Waals surface area contributed by atoms with E-state index in [0.717, 1.165) is 11.1 Å². The summed E-state index contributed by atoms with van der Waals surface area (Å²) < 4.78 is 0. The van der Waals surface area contributed by atoms with Crippen LogP contribution in [-0.4, -0.2) is 27.0 Å². The first-order chi connectivity index (χ1) is 15.3. The van der Waals surface area contributed by atoms with E-state index in [1.165, 1.54) is 4.90 Å². The lowest BCUT2D eigenvalue weighted by molar-refractivity contribution is -0.132. The largest absolute Gasteiger partial charge is 0.507 e. The van der Waals surface area contributed by atoms with Crippen LogP contribution in [0, 0.1) is 13.8 Å². The molecule has 32 heavy (non-hydrogen) atoms. The summed E-state index contributed by atoms with van der Waals surface area (Å²) >= 11 is 0. The zero-order valence-corrected chi connectivity index (χ0v) is 18.5. The number of hydrogen-bond acceptors (Lipinski definition) is 5. The first kappa shape index (κ1) is 21.4. The number of aliphatic hydroxyl groups excluding tert-OH is 1. The Labute approximate surface area is 187 Å². The number of rotatable bonds is 4. The lowest BCUT2D eigenvalue weighted by atomic mass is 9.92. The second-order valence-corrected chi connectivity index (χ2v) is 8.34. The molecule has 3 aromatic rings. The Kier molecular flexibility index (Phi) is 5.61. The van der Waals surface area contributed by atoms with E-state index in [0.29, 0.717) is 22.7 Å². The Hall–Kier alpha value is -3.80. The van der Waals surface area contributed by atoms with Gasteiger partial charge in [-0.2, -0.15) is 5.10 Å². The number of hydrogen-bond donors (Lipinski definition) is 1. The maximum atomic E-state index is 13.2. The Morgan fingerprint density at radius 1 is 0.938 bits per heavy atom. The Balaban J connectivity index is 1.94. The van der Waals surface area contributed by atoms with Gasteiger partial charge in [-0.05, 0) is 48.6 Å². The number of aromatic nitrogens is 2. The molecule has 1 aromatic heterocycles. The second-order valence-electron chi connectivity index (χ2n) is 8.34. The predicted octanol–water partition coefficient (Wildman–Crippen LogP) is 4.84. The van der Waals surface area contributed by atoms with Crippen LogP contribution < -0.4 is 4.90 Å². The average Bonchev–Trinajstić information content (AvgIpc) is 3.05. The van der Waals surface area contributed by atoms with Crippen molar-refractivity contribution in [1.29, 1.82) is 0 Å². The quantitative estimate of drug-likeness (QED) is 0.366. The Morgan fingerprint density at radius 2 is 1.62 bits per heavy atom. The molecule has 1 aliphatic rings. The SMILES string of the molecule is Cc1ccc(N2C(=O)C(=O)C(=C(O)c3ccccc3C)C2c2ccc(C(C)C)cc2)nn1. The van der Waals surface area contributed by atoms with Crippen LogP contribution in [0.1, 0.15) is 53.8 Å². The number of aryl methyl sites for hydroxylation is 2. The number of anilines is 1. The van der Waals surface area contributed by atoms with Crippen LogP contribution >= 0.6 is 0 Å². The zero-order chi connectivity index (χ0) is 23.0. The molecule has 0 saturated carbocycles. The van der Waals surface area contributed by atoms with Crippen LogP contribution in [0.5, 0.6) is 0 Å². The van der Waals surface area contributed by atoms with Gasteiger partial charge in [0.05, 0.1) is 17.3 Å². The van der Waals surface area contributed by atoms with Crippen molar-refractivity contribution in [3.8, 4) is 0 Å². The average molecular weight is 428 g/mol. The molecule has 6 heteroatoms. The number of amides is 1. The highest BCUT2D eigenvalue weighted by Crippen LogP contribution is 2.42. The van der Waals surface area contributed by atoms with Gasteiger partial charge in [0.2, 0.25) is 0 Å². The predicted molar refractivity (Wildman–Crippen MR) is 123 cm³/mol. The molecule has 1 atom stereocenters. The van der Waals surface area contributed by atoms with Crippen LogP contribution in [0.2, 0.25) is 0 Å². The van der Waals surface area contributed by atoms with Crippen molar-refractivity contribution < 1.29 is 14.7 Å².